The van der Waals surface area contributed by atoms with Crippen LogP contribution in [0.4, 0.5) is 11.5 Å². The summed E-state index contributed by atoms with van der Waals surface area (Å²) in [6, 6.07) is 19.6. The van der Waals surface area contributed by atoms with Gasteiger partial charge in [-0.05, 0) is 42.3 Å². The molecular formula is C28H28N6O2. The van der Waals surface area contributed by atoms with Crippen molar-refractivity contribution in [2.45, 2.75) is 25.8 Å². The Hall–Kier alpha value is -4.33. The molecule has 1 atom stereocenters. The Morgan fingerprint density at radius 1 is 1.03 bits per heavy atom. The second-order valence-corrected chi connectivity index (χ2v) is 8.94. The highest BCUT2D eigenvalue weighted by molar-refractivity contribution is 6.02. The van der Waals surface area contributed by atoms with E-state index in [0.717, 1.165) is 47.4 Å². The molecule has 1 saturated heterocycles. The Kier molecular flexibility index (Phi) is 6.58. The zero-order valence-electron chi connectivity index (χ0n) is 20.4. The van der Waals surface area contributed by atoms with Crippen molar-refractivity contribution in [3.63, 3.8) is 0 Å². The largest absolute Gasteiger partial charge is 0.354 e. The number of fused-ring (bicyclic) bond motifs is 1. The topological polar surface area (TPSA) is 91.3 Å². The lowest BCUT2D eigenvalue weighted by molar-refractivity contribution is -0.131. The van der Waals surface area contributed by atoms with E-state index in [1.165, 1.54) is 0 Å². The predicted octanol–water partition coefficient (Wildman–Crippen LogP) is 4.39. The van der Waals surface area contributed by atoms with Crippen LogP contribution in [0.5, 0.6) is 0 Å². The number of anilines is 2. The van der Waals surface area contributed by atoms with Crippen LogP contribution in [0.2, 0.25) is 0 Å². The van der Waals surface area contributed by atoms with Gasteiger partial charge in [-0.1, -0.05) is 37.3 Å². The SMILES string of the molecule is CCC(=O)N(C)C1CCN(c2ccc3cc(NC(=O)c4ncc(-c5ccccc5)cn4)ccc3n2)C1. The van der Waals surface area contributed by atoms with Crippen LogP contribution in [-0.4, -0.2) is 57.8 Å². The van der Waals surface area contributed by atoms with Gasteiger partial charge in [-0.25, -0.2) is 15.0 Å². The predicted molar refractivity (Wildman–Crippen MR) is 141 cm³/mol. The number of benzene rings is 2. The molecule has 4 aromatic rings. The van der Waals surface area contributed by atoms with Gasteiger partial charge < -0.3 is 15.1 Å². The van der Waals surface area contributed by atoms with E-state index in [1.807, 2.05) is 79.5 Å². The van der Waals surface area contributed by atoms with Crippen molar-refractivity contribution in [2.24, 2.45) is 0 Å². The number of rotatable bonds is 6. The molecule has 2 aromatic heterocycles. The minimum absolute atomic E-state index is 0.110. The fourth-order valence-electron chi connectivity index (χ4n) is 4.50. The highest BCUT2D eigenvalue weighted by atomic mass is 16.2. The third-order valence-corrected chi connectivity index (χ3v) is 6.63. The van der Waals surface area contributed by atoms with Gasteiger partial charge in [-0.3, -0.25) is 9.59 Å². The highest BCUT2D eigenvalue weighted by Crippen LogP contribution is 2.25. The summed E-state index contributed by atoms with van der Waals surface area (Å²) in [6.45, 7) is 3.53. The molecule has 0 aliphatic carbocycles. The molecule has 3 heterocycles. The zero-order chi connectivity index (χ0) is 25.1. The monoisotopic (exact) mass is 480 g/mol. The third kappa shape index (κ3) is 4.88. The van der Waals surface area contributed by atoms with E-state index < -0.39 is 0 Å². The molecule has 36 heavy (non-hydrogen) atoms. The smallest absolute Gasteiger partial charge is 0.293 e. The molecular weight excluding hydrogens is 452 g/mol. The van der Waals surface area contributed by atoms with Crippen LogP contribution in [0.25, 0.3) is 22.0 Å². The van der Waals surface area contributed by atoms with Gasteiger partial charge in [0.15, 0.2) is 0 Å². The van der Waals surface area contributed by atoms with Gasteiger partial charge in [-0.2, -0.15) is 0 Å². The van der Waals surface area contributed by atoms with Crippen LogP contribution in [-0.2, 0) is 4.79 Å². The molecule has 182 valence electrons. The molecule has 2 amide bonds. The summed E-state index contributed by atoms with van der Waals surface area (Å²) in [5.74, 6) is 0.803. The third-order valence-electron chi connectivity index (χ3n) is 6.63. The summed E-state index contributed by atoms with van der Waals surface area (Å²) in [7, 11) is 1.88. The lowest BCUT2D eigenvalue weighted by Gasteiger charge is -2.25. The zero-order valence-corrected chi connectivity index (χ0v) is 20.4. The maximum absolute atomic E-state index is 12.7. The summed E-state index contributed by atoms with van der Waals surface area (Å²) in [4.78, 5) is 42.1. The van der Waals surface area contributed by atoms with E-state index in [0.29, 0.717) is 12.1 Å². The van der Waals surface area contributed by atoms with Crippen molar-refractivity contribution in [2.75, 3.05) is 30.4 Å². The van der Waals surface area contributed by atoms with E-state index >= 15 is 0 Å². The number of likely N-dealkylation sites (N-methyl/N-ethyl adjacent to an activating group) is 1. The lowest BCUT2D eigenvalue weighted by Crippen LogP contribution is -2.38. The maximum Gasteiger partial charge on any atom is 0.293 e. The van der Waals surface area contributed by atoms with Crippen LogP contribution in [0.15, 0.2) is 73.1 Å². The van der Waals surface area contributed by atoms with Gasteiger partial charge in [0.25, 0.3) is 5.91 Å². The fourth-order valence-corrected chi connectivity index (χ4v) is 4.50. The molecule has 0 bridgehead atoms. The van der Waals surface area contributed by atoms with Crippen molar-refractivity contribution in [1.29, 1.82) is 0 Å². The van der Waals surface area contributed by atoms with Crippen LogP contribution in [0, 0.1) is 0 Å². The summed E-state index contributed by atoms with van der Waals surface area (Å²) in [5, 5.41) is 3.80. The Balaban J connectivity index is 1.26. The first-order valence-electron chi connectivity index (χ1n) is 12.1. The standard InChI is InChI=1S/C28H28N6O2/c1-3-26(35)33(2)23-13-14-34(18-23)25-12-9-20-15-22(10-11-24(20)32-25)31-28(36)27-29-16-21(17-30-27)19-7-5-4-6-8-19/h4-12,15-17,23H,3,13-14,18H2,1-2H3,(H,31,36). The van der Waals surface area contributed by atoms with E-state index in [2.05, 4.69) is 20.2 Å². The van der Waals surface area contributed by atoms with Crippen LogP contribution in [0.1, 0.15) is 30.4 Å². The van der Waals surface area contributed by atoms with Crippen molar-refractivity contribution < 1.29 is 9.59 Å². The molecule has 8 nitrogen and oxygen atoms in total. The number of aromatic nitrogens is 3. The molecule has 0 radical (unpaired) electrons. The van der Waals surface area contributed by atoms with Gasteiger partial charge in [0, 0.05) is 55.6 Å². The number of carbonyl (C=O) groups is 2. The lowest BCUT2D eigenvalue weighted by atomic mass is 10.1. The number of pyridine rings is 1. The Morgan fingerprint density at radius 3 is 2.56 bits per heavy atom. The minimum atomic E-state index is -0.368. The van der Waals surface area contributed by atoms with Crippen LogP contribution >= 0.6 is 0 Å². The van der Waals surface area contributed by atoms with E-state index in [4.69, 9.17) is 4.98 Å². The average Bonchev–Trinajstić information content (AvgIpc) is 3.43. The first-order chi connectivity index (χ1) is 17.5. The second kappa shape index (κ2) is 10.1. The van der Waals surface area contributed by atoms with Crippen molar-refractivity contribution in [3.05, 3.63) is 78.9 Å². The van der Waals surface area contributed by atoms with Crippen LogP contribution in [0.3, 0.4) is 0 Å². The van der Waals surface area contributed by atoms with E-state index in [9.17, 15) is 9.59 Å². The fraction of sp³-hybridized carbons (Fsp3) is 0.250. The molecule has 5 rings (SSSR count). The summed E-state index contributed by atoms with van der Waals surface area (Å²) in [5.41, 5.74) is 3.35. The van der Waals surface area contributed by atoms with Gasteiger partial charge in [0.1, 0.15) is 5.82 Å². The molecule has 0 saturated carbocycles. The number of nitrogens with zero attached hydrogens (tertiary/aromatic N) is 5. The molecule has 2 aromatic carbocycles. The van der Waals surface area contributed by atoms with Crippen molar-refractivity contribution >= 4 is 34.2 Å². The second-order valence-electron chi connectivity index (χ2n) is 8.94. The summed E-state index contributed by atoms with van der Waals surface area (Å²) >= 11 is 0. The first-order valence-corrected chi connectivity index (χ1v) is 12.1. The first kappa shape index (κ1) is 23.4. The number of nitrogens with one attached hydrogen (secondary N) is 1. The van der Waals surface area contributed by atoms with Gasteiger partial charge >= 0.3 is 0 Å². The van der Waals surface area contributed by atoms with Gasteiger partial charge in [0.2, 0.25) is 11.7 Å². The van der Waals surface area contributed by atoms with E-state index in [1.54, 1.807) is 12.4 Å². The van der Waals surface area contributed by atoms with Crippen molar-refractivity contribution in [1.82, 2.24) is 19.9 Å². The highest BCUT2D eigenvalue weighted by Gasteiger charge is 2.28. The van der Waals surface area contributed by atoms with Gasteiger partial charge in [-0.15, -0.1) is 0 Å². The molecule has 0 spiro atoms. The number of amides is 2. The average molecular weight is 481 g/mol. The van der Waals surface area contributed by atoms with E-state index in [-0.39, 0.29) is 23.7 Å². The Labute approximate surface area is 210 Å². The molecule has 1 N–H and O–H groups in total. The van der Waals surface area contributed by atoms with Crippen LogP contribution < -0.4 is 10.2 Å². The molecule has 1 aliphatic heterocycles. The normalized spacial score (nSPS) is 15.2. The molecule has 1 fully saturated rings. The molecule has 1 aliphatic rings. The summed E-state index contributed by atoms with van der Waals surface area (Å²) in [6.07, 6.45) is 4.76. The quantitative estimate of drug-likeness (QED) is 0.440. The minimum Gasteiger partial charge on any atom is -0.354 e. The maximum atomic E-state index is 12.7. The van der Waals surface area contributed by atoms with Crippen molar-refractivity contribution in [3.8, 4) is 11.1 Å². The van der Waals surface area contributed by atoms with Gasteiger partial charge in [0.05, 0.1) is 11.6 Å². The Bertz CT molecular complexity index is 1390. The number of hydrogen-bond donors (Lipinski definition) is 1. The molecule has 8 heteroatoms. The number of hydrogen-bond acceptors (Lipinski definition) is 6. The number of carbonyl (C=O) groups excluding carboxylic acids is 2. The Morgan fingerprint density at radius 2 is 1.81 bits per heavy atom. The molecule has 1 unspecified atom stereocenters. The summed E-state index contributed by atoms with van der Waals surface area (Å²) < 4.78 is 0.